The quantitative estimate of drug-likeness (QED) is 0.209. The molecule has 0 fully saturated rings. The van der Waals surface area contributed by atoms with Gasteiger partial charge in [-0.25, -0.2) is 19.3 Å². The molecule has 4 heterocycles. The molecule has 0 aliphatic carbocycles. The maximum atomic E-state index is 13.5. The minimum atomic E-state index is -0.499. The summed E-state index contributed by atoms with van der Waals surface area (Å²) in [5.41, 5.74) is 4.64. The van der Waals surface area contributed by atoms with Crippen molar-refractivity contribution >= 4 is 28.4 Å². The Morgan fingerprint density at radius 3 is 2.54 bits per heavy atom. The van der Waals surface area contributed by atoms with Crippen molar-refractivity contribution in [3.63, 3.8) is 0 Å². The molecule has 7 rings (SSSR count). The van der Waals surface area contributed by atoms with Gasteiger partial charge < -0.3 is 9.15 Å². The van der Waals surface area contributed by atoms with E-state index >= 15 is 0 Å². The number of benzene rings is 3. The number of para-hydroxylation sites is 1. The molecule has 180 valence electrons. The molecule has 3 aromatic carbocycles. The molecule has 37 heavy (non-hydrogen) atoms. The van der Waals surface area contributed by atoms with Gasteiger partial charge in [0.05, 0.1) is 22.4 Å². The first-order chi connectivity index (χ1) is 18.1. The number of aromatic nitrogens is 4. The SMILES string of the molecule is CSc1ccc(C2c3c(c4ccccc4oc3=O)Oc3ncn4nc(-c5ccccc5C)nc4c32)cc1. The van der Waals surface area contributed by atoms with Gasteiger partial charge in [-0.15, -0.1) is 16.9 Å². The van der Waals surface area contributed by atoms with Gasteiger partial charge in [0.2, 0.25) is 5.88 Å². The third-order valence-electron chi connectivity index (χ3n) is 6.80. The van der Waals surface area contributed by atoms with Crippen molar-refractivity contribution in [2.75, 3.05) is 6.26 Å². The molecule has 0 radical (unpaired) electrons. The van der Waals surface area contributed by atoms with E-state index < -0.39 is 11.5 Å². The smallest absolute Gasteiger partial charge is 0.344 e. The van der Waals surface area contributed by atoms with Gasteiger partial charge in [0.25, 0.3) is 0 Å². The summed E-state index contributed by atoms with van der Waals surface area (Å²) < 4.78 is 13.8. The topological polar surface area (TPSA) is 82.5 Å². The maximum absolute atomic E-state index is 13.5. The van der Waals surface area contributed by atoms with E-state index in [0.717, 1.165) is 27.0 Å². The van der Waals surface area contributed by atoms with Crippen LogP contribution in [0.3, 0.4) is 0 Å². The molecule has 0 saturated heterocycles. The normalized spacial score (nSPS) is 14.4. The largest absolute Gasteiger partial charge is 0.437 e. The zero-order valence-corrected chi connectivity index (χ0v) is 20.8. The number of hydrogen-bond acceptors (Lipinski definition) is 7. The molecule has 1 unspecified atom stereocenters. The van der Waals surface area contributed by atoms with E-state index in [1.807, 2.05) is 79.9 Å². The van der Waals surface area contributed by atoms with Crippen LogP contribution < -0.4 is 10.4 Å². The Morgan fingerprint density at radius 2 is 1.73 bits per heavy atom. The lowest BCUT2D eigenvalue weighted by molar-refractivity contribution is 0.422. The van der Waals surface area contributed by atoms with E-state index in [2.05, 4.69) is 4.98 Å². The highest BCUT2D eigenvalue weighted by atomic mass is 32.2. The molecule has 6 aromatic rings. The fourth-order valence-electron chi connectivity index (χ4n) is 5.00. The summed E-state index contributed by atoms with van der Waals surface area (Å²) in [6.45, 7) is 2.03. The molecule has 3 aromatic heterocycles. The summed E-state index contributed by atoms with van der Waals surface area (Å²) >= 11 is 1.66. The van der Waals surface area contributed by atoms with Gasteiger partial charge >= 0.3 is 5.63 Å². The molecule has 1 aliphatic heterocycles. The van der Waals surface area contributed by atoms with Crippen molar-refractivity contribution in [1.29, 1.82) is 0 Å². The number of ether oxygens (including phenoxy) is 1. The molecule has 0 amide bonds. The van der Waals surface area contributed by atoms with Crippen LogP contribution in [0.1, 0.15) is 28.2 Å². The Kier molecular flexibility index (Phi) is 4.90. The van der Waals surface area contributed by atoms with E-state index in [9.17, 15) is 4.79 Å². The third kappa shape index (κ3) is 3.37. The van der Waals surface area contributed by atoms with E-state index in [1.165, 1.54) is 0 Å². The van der Waals surface area contributed by atoms with Crippen LogP contribution >= 0.6 is 11.8 Å². The summed E-state index contributed by atoms with van der Waals surface area (Å²) in [5, 5.41) is 5.44. The summed E-state index contributed by atoms with van der Waals surface area (Å²) in [6, 6.07) is 23.5. The van der Waals surface area contributed by atoms with Gasteiger partial charge in [0.1, 0.15) is 11.9 Å². The number of hydrogen-bond donors (Lipinski definition) is 0. The average molecular weight is 505 g/mol. The fraction of sp³-hybridized carbons (Fsp3) is 0.103. The van der Waals surface area contributed by atoms with Gasteiger partial charge in [0, 0.05) is 10.5 Å². The number of rotatable bonds is 3. The van der Waals surface area contributed by atoms with E-state index in [1.54, 1.807) is 28.7 Å². The monoisotopic (exact) mass is 504 g/mol. The Bertz CT molecular complexity index is 1890. The lowest BCUT2D eigenvalue weighted by atomic mass is 9.84. The number of thioether (sulfide) groups is 1. The van der Waals surface area contributed by atoms with Crippen LogP contribution in [0.4, 0.5) is 0 Å². The minimum absolute atomic E-state index is 0.401. The minimum Gasteiger partial charge on any atom is -0.437 e. The van der Waals surface area contributed by atoms with Gasteiger partial charge in [-0.3, -0.25) is 0 Å². The van der Waals surface area contributed by atoms with Crippen LogP contribution in [0.5, 0.6) is 11.6 Å². The molecular formula is C29H20N4O3S. The van der Waals surface area contributed by atoms with Crippen LogP contribution in [-0.2, 0) is 0 Å². The van der Waals surface area contributed by atoms with E-state index in [-0.39, 0.29) is 0 Å². The first kappa shape index (κ1) is 21.8. The molecule has 0 saturated carbocycles. The zero-order chi connectivity index (χ0) is 25.1. The van der Waals surface area contributed by atoms with E-state index in [0.29, 0.717) is 39.8 Å². The standard InChI is InChI=1S/C29H20N4O3S/c1-16-7-3-4-8-19(16)26-31-27-24-22(17-11-13-18(37-2)14-12-17)23-25(36-28(24)30-15-33(27)32-26)20-9-5-6-10-21(20)35-29(23)34/h3-15,22H,1-2H3. The molecule has 1 aliphatic rings. The Morgan fingerprint density at radius 1 is 0.946 bits per heavy atom. The van der Waals surface area contributed by atoms with Gasteiger partial charge in [-0.2, -0.15) is 0 Å². The van der Waals surface area contributed by atoms with Crippen molar-refractivity contribution in [2.45, 2.75) is 17.7 Å². The first-order valence-electron chi connectivity index (χ1n) is 11.8. The first-order valence-corrected chi connectivity index (χ1v) is 13.0. The van der Waals surface area contributed by atoms with E-state index in [4.69, 9.17) is 19.2 Å². The number of aryl methyl sites for hydroxylation is 1. The molecule has 8 heteroatoms. The van der Waals surface area contributed by atoms with Gasteiger partial charge in [-0.1, -0.05) is 48.5 Å². The van der Waals surface area contributed by atoms with Crippen LogP contribution in [0.2, 0.25) is 0 Å². The van der Waals surface area contributed by atoms with Crippen molar-refractivity contribution in [2.24, 2.45) is 0 Å². The summed E-state index contributed by atoms with van der Waals surface area (Å²) in [6.07, 6.45) is 3.64. The highest BCUT2D eigenvalue weighted by Crippen LogP contribution is 2.49. The summed E-state index contributed by atoms with van der Waals surface area (Å²) in [4.78, 5) is 24.2. The highest BCUT2D eigenvalue weighted by Gasteiger charge is 2.37. The third-order valence-corrected chi connectivity index (χ3v) is 7.54. The molecule has 0 spiro atoms. The lowest BCUT2D eigenvalue weighted by Crippen LogP contribution is -2.22. The second kappa shape index (κ2) is 8.31. The molecule has 1 atom stereocenters. The molecular weight excluding hydrogens is 484 g/mol. The van der Waals surface area contributed by atoms with Gasteiger partial charge in [0.15, 0.2) is 17.2 Å². The highest BCUT2D eigenvalue weighted by molar-refractivity contribution is 7.98. The van der Waals surface area contributed by atoms with Crippen molar-refractivity contribution in [1.82, 2.24) is 19.6 Å². The number of nitrogens with zero attached hydrogens (tertiary/aromatic N) is 4. The van der Waals surface area contributed by atoms with Crippen molar-refractivity contribution in [3.8, 4) is 23.0 Å². The fourth-order valence-corrected chi connectivity index (χ4v) is 5.41. The molecule has 0 N–H and O–H groups in total. The van der Waals surface area contributed by atoms with Gasteiger partial charge in [-0.05, 0) is 48.6 Å². The number of fused-ring (bicyclic) bond motifs is 6. The average Bonchev–Trinajstić information content (AvgIpc) is 3.37. The second-order valence-electron chi connectivity index (χ2n) is 8.92. The van der Waals surface area contributed by atoms with Crippen LogP contribution in [0, 0.1) is 6.92 Å². The zero-order valence-electron chi connectivity index (χ0n) is 20.0. The molecule has 7 nitrogen and oxygen atoms in total. The summed E-state index contributed by atoms with van der Waals surface area (Å²) in [7, 11) is 0. The van der Waals surface area contributed by atoms with Crippen LogP contribution in [0.15, 0.2) is 93.2 Å². The predicted octanol–water partition coefficient (Wildman–Crippen LogP) is 6.21. The lowest BCUT2D eigenvalue weighted by Gasteiger charge is -2.27. The predicted molar refractivity (Wildman–Crippen MR) is 143 cm³/mol. The Hall–Kier alpha value is -4.43. The maximum Gasteiger partial charge on any atom is 0.344 e. The van der Waals surface area contributed by atoms with Crippen LogP contribution in [0.25, 0.3) is 28.0 Å². The Labute approximate surface area is 215 Å². The van der Waals surface area contributed by atoms with Crippen molar-refractivity contribution < 1.29 is 9.15 Å². The Balaban J connectivity index is 1.54. The second-order valence-corrected chi connectivity index (χ2v) is 9.80. The molecule has 0 bridgehead atoms. The van der Waals surface area contributed by atoms with Crippen LogP contribution in [-0.4, -0.2) is 25.8 Å². The van der Waals surface area contributed by atoms with Crippen molar-refractivity contribution in [3.05, 3.63) is 112 Å². The summed E-state index contributed by atoms with van der Waals surface area (Å²) in [5.74, 6) is 0.953.